The van der Waals surface area contributed by atoms with Gasteiger partial charge in [-0.05, 0) is 36.6 Å². The molecule has 0 aliphatic rings. The number of aryl methyl sites for hydroxylation is 2. The molecule has 0 saturated heterocycles. The number of anilines is 1. The smallest absolute Gasteiger partial charge is 0.321 e. The van der Waals surface area contributed by atoms with Crippen LogP contribution in [0.5, 0.6) is 0 Å². The van der Waals surface area contributed by atoms with E-state index < -0.39 is 0 Å². The molecule has 5 heteroatoms. The molecule has 0 unspecified atom stereocenters. The Morgan fingerprint density at radius 2 is 1.53 bits per heavy atom. The summed E-state index contributed by atoms with van der Waals surface area (Å²) in [6.45, 7) is 4.13. The van der Waals surface area contributed by atoms with Gasteiger partial charge in [-0.25, -0.2) is 9.78 Å². The molecule has 3 aromatic carbocycles. The van der Waals surface area contributed by atoms with E-state index in [4.69, 9.17) is 0 Å². The van der Waals surface area contributed by atoms with Gasteiger partial charge < -0.3 is 5.32 Å². The van der Waals surface area contributed by atoms with Crippen LogP contribution >= 0.6 is 11.3 Å². The summed E-state index contributed by atoms with van der Waals surface area (Å²) >= 11 is 1.42. The zero-order chi connectivity index (χ0) is 20.9. The predicted molar refractivity (Wildman–Crippen MR) is 124 cm³/mol. The van der Waals surface area contributed by atoms with Gasteiger partial charge >= 0.3 is 6.03 Å². The number of urea groups is 1. The molecule has 4 nitrogen and oxygen atoms in total. The van der Waals surface area contributed by atoms with Crippen LogP contribution in [-0.4, -0.2) is 11.0 Å². The third-order valence-corrected chi connectivity index (χ3v) is 5.69. The molecule has 0 atom stereocenters. The second kappa shape index (κ2) is 8.93. The van der Waals surface area contributed by atoms with Gasteiger partial charge in [-0.15, -0.1) is 11.3 Å². The molecule has 4 aromatic rings. The van der Waals surface area contributed by atoms with Crippen molar-refractivity contribution in [3.8, 4) is 11.3 Å². The van der Waals surface area contributed by atoms with Gasteiger partial charge in [-0.1, -0.05) is 78.4 Å². The van der Waals surface area contributed by atoms with Gasteiger partial charge in [0, 0.05) is 10.9 Å². The van der Waals surface area contributed by atoms with Gasteiger partial charge in [0.15, 0.2) is 5.13 Å². The fourth-order valence-electron chi connectivity index (χ4n) is 3.38. The van der Waals surface area contributed by atoms with Crippen molar-refractivity contribution >= 4 is 22.5 Å². The van der Waals surface area contributed by atoms with Crippen molar-refractivity contribution in [3.05, 3.63) is 106 Å². The van der Waals surface area contributed by atoms with Crippen molar-refractivity contribution < 1.29 is 4.79 Å². The average molecular weight is 414 g/mol. The molecule has 150 valence electrons. The fraction of sp³-hybridized carbons (Fsp3) is 0.120. The lowest BCUT2D eigenvalue weighted by molar-refractivity contribution is 0.250. The van der Waals surface area contributed by atoms with E-state index in [1.165, 1.54) is 16.9 Å². The lowest BCUT2D eigenvalue weighted by atomic mass is 9.99. The van der Waals surface area contributed by atoms with Gasteiger partial charge in [0.2, 0.25) is 0 Å². The Morgan fingerprint density at radius 3 is 2.17 bits per heavy atom. The highest BCUT2D eigenvalue weighted by atomic mass is 32.1. The van der Waals surface area contributed by atoms with Crippen molar-refractivity contribution in [2.75, 3.05) is 5.32 Å². The highest BCUT2D eigenvalue weighted by molar-refractivity contribution is 7.14. The Labute approximate surface area is 180 Å². The Morgan fingerprint density at radius 1 is 0.900 bits per heavy atom. The largest absolute Gasteiger partial charge is 0.327 e. The third kappa shape index (κ3) is 4.58. The van der Waals surface area contributed by atoms with Gasteiger partial charge in [-0.2, -0.15) is 0 Å². The Hall–Kier alpha value is -3.44. The number of carbonyl (C=O) groups excluding carboxylic acids is 1. The number of carbonyl (C=O) groups is 1. The average Bonchev–Trinajstić information content (AvgIpc) is 3.23. The number of nitrogens with one attached hydrogen (secondary N) is 2. The van der Waals surface area contributed by atoms with Crippen LogP contribution in [0, 0.1) is 13.8 Å². The first kappa shape index (κ1) is 19.9. The minimum atomic E-state index is -0.283. The van der Waals surface area contributed by atoms with E-state index in [1.807, 2.05) is 66.0 Å². The molecule has 0 bridgehead atoms. The molecule has 0 fully saturated rings. The molecule has 0 aliphatic carbocycles. The van der Waals surface area contributed by atoms with E-state index in [0.717, 1.165) is 27.9 Å². The number of hydrogen-bond donors (Lipinski definition) is 2. The quantitative estimate of drug-likeness (QED) is 0.401. The number of rotatable bonds is 5. The van der Waals surface area contributed by atoms with E-state index >= 15 is 0 Å². The maximum atomic E-state index is 12.8. The van der Waals surface area contributed by atoms with Gasteiger partial charge in [0.1, 0.15) is 0 Å². The standard InChI is InChI=1S/C25H23N3OS/c1-17-13-14-18(2)21(15-17)22-16-30-25(26-22)28-24(29)27-23(19-9-5-3-6-10-19)20-11-7-4-8-12-20/h3-16,23H,1-2H3,(H2,26,27,28,29). The summed E-state index contributed by atoms with van der Waals surface area (Å²) in [5.41, 5.74) is 6.35. The highest BCUT2D eigenvalue weighted by Gasteiger charge is 2.17. The fourth-order valence-corrected chi connectivity index (χ4v) is 4.09. The molecule has 0 aliphatic heterocycles. The van der Waals surface area contributed by atoms with Gasteiger partial charge in [0.25, 0.3) is 0 Å². The van der Waals surface area contributed by atoms with E-state index in [9.17, 15) is 4.79 Å². The van der Waals surface area contributed by atoms with Crippen LogP contribution in [0.4, 0.5) is 9.93 Å². The van der Waals surface area contributed by atoms with Crippen molar-refractivity contribution in [3.63, 3.8) is 0 Å². The highest BCUT2D eigenvalue weighted by Crippen LogP contribution is 2.28. The van der Waals surface area contributed by atoms with Crippen molar-refractivity contribution in [1.82, 2.24) is 10.3 Å². The molecule has 2 N–H and O–H groups in total. The summed E-state index contributed by atoms with van der Waals surface area (Å²) in [6.07, 6.45) is 0. The number of hydrogen-bond acceptors (Lipinski definition) is 3. The zero-order valence-corrected chi connectivity index (χ0v) is 17.7. The molecule has 1 heterocycles. The second-order valence-electron chi connectivity index (χ2n) is 7.21. The summed E-state index contributed by atoms with van der Waals surface area (Å²) in [5.74, 6) is 0. The molecule has 30 heavy (non-hydrogen) atoms. The molecular weight excluding hydrogens is 390 g/mol. The summed E-state index contributed by atoms with van der Waals surface area (Å²) in [4.78, 5) is 17.4. The number of aromatic nitrogens is 1. The van der Waals surface area contributed by atoms with Crippen LogP contribution in [0.15, 0.2) is 84.2 Å². The lowest BCUT2D eigenvalue weighted by Crippen LogP contribution is -2.33. The molecule has 2 amide bonds. The first-order valence-electron chi connectivity index (χ1n) is 9.81. The SMILES string of the molecule is Cc1ccc(C)c(-c2csc(NC(=O)NC(c3ccccc3)c3ccccc3)n2)c1. The Bertz CT molecular complexity index is 1100. The second-order valence-corrected chi connectivity index (χ2v) is 8.07. The van der Waals surface area contributed by atoms with Gasteiger partial charge in [0.05, 0.1) is 11.7 Å². The molecule has 4 rings (SSSR count). The first-order valence-corrected chi connectivity index (χ1v) is 10.7. The van der Waals surface area contributed by atoms with Crippen LogP contribution in [0.2, 0.25) is 0 Å². The van der Waals surface area contributed by atoms with E-state index in [-0.39, 0.29) is 12.1 Å². The normalized spacial score (nSPS) is 10.8. The Kier molecular flexibility index (Phi) is 5.91. The maximum absolute atomic E-state index is 12.8. The minimum absolute atomic E-state index is 0.245. The Balaban J connectivity index is 1.52. The zero-order valence-electron chi connectivity index (χ0n) is 16.9. The van der Waals surface area contributed by atoms with Crippen LogP contribution < -0.4 is 10.6 Å². The topological polar surface area (TPSA) is 54.0 Å². The predicted octanol–water partition coefficient (Wildman–Crippen LogP) is 6.34. The monoisotopic (exact) mass is 413 g/mol. The third-order valence-electron chi connectivity index (χ3n) is 4.93. The lowest BCUT2D eigenvalue weighted by Gasteiger charge is -2.19. The van der Waals surface area contributed by atoms with E-state index in [0.29, 0.717) is 5.13 Å². The minimum Gasteiger partial charge on any atom is -0.327 e. The summed E-state index contributed by atoms with van der Waals surface area (Å²) < 4.78 is 0. The number of thiazole rings is 1. The molecule has 0 spiro atoms. The van der Waals surface area contributed by atoms with Crippen LogP contribution in [0.3, 0.4) is 0 Å². The summed E-state index contributed by atoms with van der Waals surface area (Å²) in [6, 6.07) is 25.7. The molecular formula is C25H23N3OS. The van der Waals surface area contributed by atoms with Gasteiger partial charge in [-0.3, -0.25) is 5.32 Å². The van der Waals surface area contributed by atoms with Crippen molar-refractivity contribution in [2.24, 2.45) is 0 Å². The number of nitrogens with zero attached hydrogens (tertiary/aromatic N) is 1. The van der Waals surface area contributed by atoms with Crippen LogP contribution in [-0.2, 0) is 0 Å². The van der Waals surface area contributed by atoms with Crippen LogP contribution in [0.1, 0.15) is 28.3 Å². The van der Waals surface area contributed by atoms with Crippen LogP contribution in [0.25, 0.3) is 11.3 Å². The molecule has 0 radical (unpaired) electrons. The first-order chi connectivity index (χ1) is 14.6. The number of amides is 2. The summed E-state index contributed by atoms with van der Waals surface area (Å²) in [7, 11) is 0. The van der Waals surface area contributed by atoms with E-state index in [1.54, 1.807) is 0 Å². The number of benzene rings is 3. The summed E-state index contributed by atoms with van der Waals surface area (Å²) in [5, 5.41) is 8.53. The molecule has 0 saturated carbocycles. The molecule has 1 aromatic heterocycles. The van der Waals surface area contributed by atoms with E-state index in [2.05, 4.69) is 47.7 Å². The van der Waals surface area contributed by atoms with Crippen molar-refractivity contribution in [1.29, 1.82) is 0 Å². The van der Waals surface area contributed by atoms with Crippen molar-refractivity contribution in [2.45, 2.75) is 19.9 Å². The maximum Gasteiger partial charge on any atom is 0.321 e.